The SMILES string of the molecule is CCCCCCc1ncccn1. The van der Waals surface area contributed by atoms with Gasteiger partial charge >= 0.3 is 0 Å². The first-order valence-electron chi connectivity index (χ1n) is 4.69. The summed E-state index contributed by atoms with van der Waals surface area (Å²) < 4.78 is 0. The van der Waals surface area contributed by atoms with E-state index in [9.17, 15) is 0 Å². The van der Waals surface area contributed by atoms with E-state index in [0.717, 1.165) is 12.2 Å². The highest BCUT2D eigenvalue weighted by molar-refractivity contribution is 4.88. The van der Waals surface area contributed by atoms with Crippen molar-refractivity contribution in [1.82, 2.24) is 9.97 Å². The van der Waals surface area contributed by atoms with Gasteiger partial charge in [0, 0.05) is 18.8 Å². The smallest absolute Gasteiger partial charge is 0.128 e. The molecule has 0 aromatic carbocycles. The van der Waals surface area contributed by atoms with Gasteiger partial charge in [0.25, 0.3) is 0 Å². The largest absolute Gasteiger partial charge is 0.241 e. The lowest BCUT2D eigenvalue weighted by Gasteiger charge is -1.97. The van der Waals surface area contributed by atoms with Crippen molar-refractivity contribution < 1.29 is 0 Å². The first-order valence-corrected chi connectivity index (χ1v) is 4.69. The summed E-state index contributed by atoms with van der Waals surface area (Å²) in [6.45, 7) is 2.22. The van der Waals surface area contributed by atoms with Crippen molar-refractivity contribution in [3.8, 4) is 0 Å². The summed E-state index contributed by atoms with van der Waals surface area (Å²) >= 11 is 0. The molecule has 0 amide bonds. The topological polar surface area (TPSA) is 25.8 Å². The van der Waals surface area contributed by atoms with Gasteiger partial charge in [0.1, 0.15) is 5.82 Å². The Morgan fingerprint density at radius 3 is 2.50 bits per heavy atom. The van der Waals surface area contributed by atoms with Crippen LogP contribution in [0.5, 0.6) is 0 Å². The zero-order chi connectivity index (χ0) is 8.65. The second kappa shape index (κ2) is 5.70. The maximum Gasteiger partial charge on any atom is 0.128 e. The molecule has 0 aliphatic heterocycles. The quantitative estimate of drug-likeness (QED) is 0.625. The Labute approximate surface area is 74.1 Å². The average Bonchev–Trinajstić information content (AvgIpc) is 2.14. The second-order valence-electron chi connectivity index (χ2n) is 2.98. The Balaban J connectivity index is 2.16. The molecule has 0 spiro atoms. The number of aryl methyl sites for hydroxylation is 1. The summed E-state index contributed by atoms with van der Waals surface area (Å²) in [7, 11) is 0. The zero-order valence-corrected chi connectivity index (χ0v) is 7.66. The molecule has 0 N–H and O–H groups in total. The van der Waals surface area contributed by atoms with Crippen molar-refractivity contribution in [2.45, 2.75) is 39.0 Å². The van der Waals surface area contributed by atoms with E-state index >= 15 is 0 Å². The molecule has 1 aromatic heterocycles. The molecule has 0 fully saturated rings. The highest BCUT2D eigenvalue weighted by Gasteiger charge is 1.93. The monoisotopic (exact) mass is 164 g/mol. The average molecular weight is 164 g/mol. The molecule has 2 heteroatoms. The number of hydrogen-bond acceptors (Lipinski definition) is 2. The van der Waals surface area contributed by atoms with Crippen LogP contribution in [0.4, 0.5) is 0 Å². The minimum absolute atomic E-state index is 0.980. The van der Waals surface area contributed by atoms with Gasteiger partial charge in [0.2, 0.25) is 0 Å². The molecule has 66 valence electrons. The highest BCUT2D eigenvalue weighted by atomic mass is 14.8. The van der Waals surface area contributed by atoms with Gasteiger partial charge in [0.15, 0.2) is 0 Å². The Kier molecular flexibility index (Phi) is 4.35. The van der Waals surface area contributed by atoms with Crippen LogP contribution >= 0.6 is 0 Å². The number of unbranched alkanes of at least 4 members (excludes halogenated alkanes) is 3. The van der Waals surface area contributed by atoms with Gasteiger partial charge in [-0.25, -0.2) is 9.97 Å². The Bertz CT molecular complexity index is 196. The molecule has 0 bridgehead atoms. The minimum atomic E-state index is 0.980. The van der Waals surface area contributed by atoms with Crippen LogP contribution in [0, 0.1) is 0 Å². The summed E-state index contributed by atoms with van der Waals surface area (Å²) in [4.78, 5) is 8.33. The number of rotatable bonds is 5. The maximum atomic E-state index is 4.17. The zero-order valence-electron chi connectivity index (χ0n) is 7.66. The van der Waals surface area contributed by atoms with Gasteiger partial charge in [0.05, 0.1) is 0 Å². The highest BCUT2D eigenvalue weighted by Crippen LogP contribution is 2.02. The normalized spacial score (nSPS) is 10.1. The van der Waals surface area contributed by atoms with Crippen molar-refractivity contribution in [3.05, 3.63) is 24.3 Å². The second-order valence-corrected chi connectivity index (χ2v) is 2.98. The van der Waals surface area contributed by atoms with E-state index in [2.05, 4.69) is 16.9 Å². The fourth-order valence-electron chi connectivity index (χ4n) is 1.17. The molecule has 0 saturated carbocycles. The molecule has 0 aliphatic carbocycles. The molecule has 1 heterocycles. The molecule has 0 radical (unpaired) electrons. The van der Waals surface area contributed by atoms with E-state index in [1.54, 1.807) is 0 Å². The number of nitrogens with zero attached hydrogens (tertiary/aromatic N) is 2. The molecule has 1 aromatic rings. The standard InChI is InChI=1S/C10H16N2/c1-2-3-4-5-7-10-11-8-6-9-12-10/h6,8-9H,2-5,7H2,1H3. The van der Waals surface area contributed by atoms with Crippen LogP contribution < -0.4 is 0 Å². The Morgan fingerprint density at radius 2 is 1.83 bits per heavy atom. The summed E-state index contributed by atoms with van der Waals surface area (Å²) in [6.07, 6.45) is 9.78. The molecule has 0 unspecified atom stereocenters. The van der Waals surface area contributed by atoms with E-state index in [4.69, 9.17) is 0 Å². The van der Waals surface area contributed by atoms with E-state index in [0.29, 0.717) is 0 Å². The minimum Gasteiger partial charge on any atom is -0.241 e. The van der Waals surface area contributed by atoms with Crippen LogP contribution in [-0.2, 0) is 6.42 Å². The fourth-order valence-corrected chi connectivity index (χ4v) is 1.17. The predicted octanol–water partition coefficient (Wildman–Crippen LogP) is 2.60. The van der Waals surface area contributed by atoms with Crippen LogP contribution in [0.2, 0.25) is 0 Å². The summed E-state index contributed by atoms with van der Waals surface area (Å²) in [5.74, 6) is 0.980. The van der Waals surface area contributed by atoms with Crippen molar-refractivity contribution in [2.75, 3.05) is 0 Å². The van der Waals surface area contributed by atoms with Gasteiger partial charge in [-0.3, -0.25) is 0 Å². The Hall–Kier alpha value is -0.920. The lowest BCUT2D eigenvalue weighted by Crippen LogP contribution is -1.92. The van der Waals surface area contributed by atoms with Gasteiger partial charge in [-0.15, -0.1) is 0 Å². The third-order valence-electron chi connectivity index (χ3n) is 1.87. The summed E-state index contributed by atoms with van der Waals surface area (Å²) in [5.41, 5.74) is 0. The van der Waals surface area contributed by atoms with Crippen LogP contribution in [0.3, 0.4) is 0 Å². The van der Waals surface area contributed by atoms with E-state index in [1.807, 2.05) is 18.5 Å². The van der Waals surface area contributed by atoms with Gasteiger partial charge in [-0.2, -0.15) is 0 Å². The van der Waals surface area contributed by atoms with Crippen molar-refractivity contribution in [2.24, 2.45) is 0 Å². The fraction of sp³-hybridized carbons (Fsp3) is 0.600. The van der Waals surface area contributed by atoms with Crippen molar-refractivity contribution in [1.29, 1.82) is 0 Å². The third-order valence-corrected chi connectivity index (χ3v) is 1.87. The Morgan fingerprint density at radius 1 is 1.08 bits per heavy atom. The first-order chi connectivity index (χ1) is 5.93. The van der Waals surface area contributed by atoms with Gasteiger partial charge in [-0.1, -0.05) is 26.2 Å². The van der Waals surface area contributed by atoms with Gasteiger partial charge < -0.3 is 0 Å². The van der Waals surface area contributed by atoms with Crippen LogP contribution in [0.25, 0.3) is 0 Å². The van der Waals surface area contributed by atoms with E-state index in [-0.39, 0.29) is 0 Å². The maximum absolute atomic E-state index is 4.17. The van der Waals surface area contributed by atoms with E-state index in [1.165, 1.54) is 25.7 Å². The molecule has 1 rings (SSSR count). The van der Waals surface area contributed by atoms with Crippen LogP contribution in [0.1, 0.15) is 38.4 Å². The molecule has 0 aliphatic rings. The van der Waals surface area contributed by atoms with Crippen LogP contribution in [0.15, 0.2) is 18.5 Å². The lowest BCUT2D eigenvalue weighted by atomic mass is 10.1. The molecule has 12 heavy (non-hydrogen) atoms. The first kappa shape index (κ1) is 9.17. The van der Waals surface area contributed by atoms with Gasteiger partial charge in [-0.05, 0) is 12.5 Å². The summed E-state index contributed by atoms with van der Waals surface area (Å²) in [5, 5.41) is 0. The van der Waals surface area contributed by atoms with E-state index < -0.39 is 0 Å². The summed E-state index contributed by atoms with van der Waals surface area (Å²) in [6, 6.07) is 1.86. The predicted molar refractivity (Wildman–Crippen MR) is 49.9 cm³/mol. The van der Waals surface area contributed by atoms with Crippen LogP contribution in [-0.4, -0.2) is 9.97 Å². The number of aromatic nitrogens is 2. The molecule has 0 saturated heterocycles. The van der Waals surface area contributed by atoms with Crippen molar-refractivity contribution >= 4 is 0 Å². The van der Waals surface area contributed by atoms with Crippen molar-refractivity contribution in [3.63, 3.8) is 0 Å². The molecule has 2 nitrogen and oxygen atoms in total. The lowest BCUT2D eigenvalue weighted by molar-refractivity contribution is 0.652. The molecule has 0 atom stereocenters. The molecular weight excluding hydrogens is 148 g/mol. The number of hydrogen-bond donors (Lipinski definition) is 0. The molecular formula is C10H16N2. The third kappa shape index (κ3) is 3.46.